The van der Waals surface area contributed by atoms with E-state index in [1.165, 1.54) is 6.07 Å². The van der Waals surface area contributed by atoms with E-state index in [0.29, 0.717) is 12.8 Å². The fraction of sp³-hybridized carbons (Fsp3) is 0.500. The van der Waals surface area contributed by atoms with Gasteiger partial charge in [0.1, 0.15) is 0 Å². The molecule has 1 aromatic rings. The number of nitrogens with one attached hydrogen (secondary N) is 1. The predicted octanol–water partition coefficient (Wildman–Crippen LogP) is 3.35. The highest BCUT2D eigenvalue weighted by Crippen LogP contribution is 2.36. The average Bonchev–Trinajstić information content (AvgIpc) is 2.29. The molecule has 1 atom stereocenters. The summed E-state index contributed by atoms with van der Waals surface area (Å²) >= 11 is 5.53. The van der Waals surface area contributed by atoms with Gasteiger partial charge in [-0.2, -0.15) is 13.2 Å². The summed E-state index contributed by atoms with van der Waals surface area (Å²) in [6, 6.07) is 3.11. The Hall–Kier alpha value is -0.950. The van der Waals surface area contributed by atoms with Crippen molar-refractivity contribution in [1.29, 1.82) is 0 Å². The van der Waals surface area contributed by atoms with Gasteiger partial charge in [-0.1, -0.05) is 11.6 Å². The first-order chi connectivity index (χ1) is 9.17. The minimum atomic E-state index is -4.53. The third-order valence-electron chi connectivity index (χ3n) is 3.11. The fourth-order valence-corrected chi connectivity index (χ4v) is 4.07. The summed E-state index contributed by atoms with van der Waals surface area (Å²) in [6.45, 7) is 0. The van der Waals surface area contributed by atoms with Crippen molar-refractivity contribution >= 4 is 27.1 Å². The van der Waals surface area contributed by atoms with E-state index < -0.39 is 21.6 Å². The zero-order valence-electron chi connectivity index (χ0n) is 10.4. The SMILES string of the molecule is O=S1(=O)CCCC(Nc2ccc(Cl)c(C(F)(F)F)c2)C1. The molecule has 0 bridgehead atoms. The number of hydrogen-bond donors (Lipinski definition) is 1. The Bertz CT molecular complexity index is 601. The molecular formula is C12H13ClF3NO2S. The molecule has 1 saturated heterocycles. The zero-order valence-corrected chi connectivity index (χ0v) is 11.9. The van der Waals surface area contributed by atoms with Gasteiger partial charge in [0, 0.05) is 11.7 Å². The molecule has 1 aliphatic heterocycles. The van der Waals surface area contributed by atoms with Crippen molar-refractivity contribution < 1.29 is 21.6 Å². The molecular weight excluding hydrogens is 315 g/mol. The van der Waals surface area contributed by atoms with E-state index in [-0.39, 0.29) is 28.3 Å². The van der Waals surface area contributed by atoms with Crippen LogP contribution in [0.4, 0.5) is 18.9 Å². The molecule has 0 saturated carbocycles. The van der Waals surface area contributed by atoms with Crippen LogP contribution < -0.4 is 5.32 Å². The first-order valence-corrected chi connectivity index (χ1v) is 8.21. The number of halogens is 4. The molecule has 1 aliphatic rings. The molecule has 2 rings (SSSR count). The Morgan fingerprint density at radius 3 is 2.60 bits per heavy atom. The molecule has 0 aliphatic carbocycles. The van der Waals surface area contributed by atoms with Crippen molar-refractivity contribution in [3.8, 4) is 0 Å². The highest BCUT2D eigenvalue weighted by Gasteiger charge is 2.33. The standard InChI is InChI=1S/C12H13ClF3NO2S/c13-11-4-3-8(6-10(11)12(14,15)16)17-9-2-1-5-20(18,19)7-9/h3-4,6,9,17H,1-2,5,7H2. The fourth-order valence-electron chi connectivity index (χ4n) is 2.20. The Morgan fingerprint density at radius 1 is 1.30 bits per heavy atom. The van der Waals surface area contributed by atoms with E-state index in [1.54, 1.807) is 0 Å². The van der Waals surface area contributed by atoms with Gasteiger partial charge in [0.25, 0.3) is 0 Å². The first-order valence-electron chi connectivity index (χ1n) is 6.01. The lowest BCUT2D eigenvalue weighted by atomic mass is 10.1. The van der Waals surface area contributed by atoms with Crippen molar-refractivity contribution in [1.82, 2.24) is 0 Å². The van der Waals surface area contributed by atoms with Crippen LogP contribution in [0, 0.1) is 0 Å². The molecule has 112 valence electrons. The van der Waals surface area contributed by atoms with Gasteiger partial charge in [-0.25, -0.2) is 8.42 Å². The van der Waals surface area contributed by atoms with E-state index in [0.717, 1.165) is 12.1 Å². The van der Waals surface area contributed by atoms with Gasteiger partial charge in [-0.05, 0) is 31.0 Å². The quantitative estimate of drug-likeness (QED) is 0.906. The second-order valence-electron chi connectivity index (χ2n) is 4.79. The normalized spacial score (nSPS) is 22.5. The van der Waals surface area contributed by atoms with Gasteiger partial charge < -0.3 is 5.32 Å². The van der Waals surface area contributed by atoms with Crippen molar-refractivity contribution in [2.24, 2.45) is 0 Å². The highest BCUT2D eigenvalue weighted by molar-refractivity contribution is 7.91. The molecule has 3 nitrogen and oxygen atoms in total. The van der Waals surface area contributed by atoms with E-state index in [4.69, 9.17) is 11.6 Å². The minimum Gasteiger partial charge on any atom is -0.381 e. The summed E-state index contributed by atoms with van der Waals surface area (Å²) in [6.07, 6.45) is -3.41. The van der Waals surface area contributed by atoms with Crippen LogP contribution in [0.15, 0.2) is 18.2 Å². The molecule has 1 fully saturated rings. The van der Waals surface area contributed by atoms with E-state index >= 15 is 0 Å². The van der Waals surface area contributed by atoms with Crippen LogP contribution >= 0.6 is 11.6 Å². The van der Waals surface area contributed by atoms with Gasteiger partial charge in [-0.15, -0.1) is 0 Å². The maximum Gasteiger partial charge on any atom is 0.417 e. The summed E-state index contributed by atoms with van der Waals surface area (Å²) in [5.74, 6) is 0.0799. The van der Waals surface area contributed by atoms with Gasteiger partial charge >= 0.3 is 6.18 Å². The maximum absolute atomic E-state index is 12.7. The lowest BCUT2D eigenvalue weighted by Crippen LogP contribution is -2.34. The summed E-state index contributed by atoms with van der Waals surface area (Å²) < 4.78 is 61.1. The molecule has 1 aromatic carbocycles. The first kappa shape index (κ1) is 15.4. The van der Waals surface area contributed by atoms with Crippen molar-refractivity contribution in [3.05, 3.63) is 28.8 Å². The van der Waals surface area contributed by atoms with E-state index in [2.05, 4.69) is 5.32 Å². The maximum atomic E-state index is 12.7. The summed E-state index contributed by atoms with van der Waals surface area (Å²) in [4.78, 5) is 0. The van der Waals surface area contributed by atoms with Crippen LogP contribution in [0.1, 0.15) is 18.4 Å². The van der Waals surface area contributed by atoms with Crippen LogP contribution in [0.3, 0.4) is 0 Å². The number of benzene rings is 1. The molecule has 0 amide bonds. The third kappa shape index (κ3) is 3.79. The van der Waals surface area contributed by atoms with Crippen LogP contribution in [0.25, 0.3) is 0 Å². The lowest BCUT2D eigenvalue weighted by molar-refractivity contribution is -0.137. The number of alkyl halides is 3. The molecule has 8 heteroatoms. The Kier molecular flexibility index (Phi) is 4.20. The van der Waals surface area contributed by atoms with E-state index in [9.17, 15) is 21.6 Å². The topological polar surface area (TPSA) is 46.2 Å². The van der Waals surface area contributed by atoms with Crippen LogP contribution in [-0.4, -0.2) is 26.0 Å². The number of sulfone groups is 1. The molecule has 1 unspecified atom stereocenters. The lowest BCUT2D eigenvalue weighted by Gasteiger charge is -2.24. The van der Waals surface area contributed by atoms with Gasteiger partial charge in [-0.3, -0.25) is 0 Å². The third-order valence-corrected chi connectivity index (χ3v) is 5.26. The highest BCUT2D eigenvalue weighted by atomic mass is 35.5. The summed E-state index contributed by atoms with van der Waals surface area (Å²) in [7, 11) is -3.11. The Morgan fingerprint density at radius 2 is 2.00 bits per heavy atom. The second-order valence-corrected chi connectivity index (χ2v) is 7.43. The number of hydrogen-bond acceptors (Lipinski definition) is 3. The average molecular weight is 328 g/mol. The van der Waals surface area contributed by atoms with Crippen molar-refractivity contribution in [2.45, 2.75) is 25.1 Å². The molecule has 0 radical (unpaired) electrons. The van der Waals surface area contributed by atoms with Crippen LogP contribution in [-0.2, 0) is 16.0 Å². The Balaban J connectivity index is 2.18. The van der Waals surface area contributed by atoms with Crippen LogP contribution in [0.5, 0.6) is 0 Å². The number of rotatable bonds is 2. The molecule has 20 heavy (non-hydrogen) atoms. The smallest absolute Gasteiger partial charge is 0.381 e. The van der Waals surface area contributed by atoms with Crippen molar-refractivity contribution in [3.63, 3.8) is 0 Å². The zero-order chi connectivity index (χ0) is 15.0. The predicted molar refractivity (Wildman–Crippen MR) is 71.8 cm³/mol. The molecule has 1 N–H and O–H groups in total. The van der Waals surface area contributed by atoms with Crippen LogP contribution in [0.2, 0.25) is 5.02 Å². The monoisotopic (exact) mass is 327 g/mol. The summed E-state index contributed by atoms with van der Waals surface area (Å²) in [5, 5.41) is 2.46. The van der Waals surface area contributed by atoms with Gasteiger partial charge in [0.2, 0.25) is 0 Å². The van der Waals surface area contributed by atoms with E-state index in [1.807, 2.05) is 0 Å². The Labute approximate surface area is 120 Å². The molecule has 1 heterocycles. The largest absolute Gasteiger partial charge is 0.417 e. The molecule has 0 spiro atoms. The minimum absolute atomic E-state index is 0.0586. The van der Waals surface area contributed by atoms with Gasteiger partial charge in [0.15, 0.2) is 9.84 Å². The van der Waals surface area contributed by atoms with Crippen molar-refractivity contribution in [2.75, 3.05) is 16.8 Å². The molecule has 0 aromatic heterocycles. The second kappa shape index (κ2) is 5.44. The summed E-state index contributed by atoms with van der Waals surface area (Å²) in [5.41, 5.74) is -0.702. The number of anilines is 1. The van der Waals surface area contributed by atoms with Gasteiger partial charge in [0.05, 0.1) is 22.1 Å².